The molecular formula is C20H27NO4. The first-order valence-corrected chi connectivity index (χ1v) is 9.31. The van der Waals surface area contributed by atoms with Gasteiger partial charge in [-0.15, -0.1) is 0 Å². The SMILES string of the molecule is C[C@@H]1CCCC[C@H]1NC(=O)COC(=O)COc1ccc2c(c1)CCC2. The summed E-state index contributed by atoms with van der Waals surface area (Å²) in [5.74, 6) is 0.409. The molecule has 2 aliphatic carbocycles. The van der Waals surface area contributed by atoms with Gasteiger partial charge in [0.05, 0.1) is 0 Å². The van der Waals surface area contributed by atoms with E-state index in [1.54, 1.807) is 0 Å². The van der Waals surface area contributed by atoms with Gasteiger partial charge in [-0.05, 0) is 61.3 Å². The van der Waals surface area contributed by atoms with E-state index >= 15 is 0 Å². The van der Waals surface area contributed by atoms with Gasteiger partial charge in [0.2, 0.25) is 0 Å². The minimum atomic E-state index is -0.521. The molecule has 0 aliphatic heterocycles. The number of ether oxygens (including phenoxy) is 2. The molecule has 1 amide bonds. The van der Waals surface area contributed by atoms with Gasteiger partial charge in [-0.1, -0.05) is 25.8 Å². The summed E-state index contributed by atoms with van der Waals surface area (Å²) in [7, 11) is 0. The van der Waals surface area contributed by atoms with Gasteiger partial charge in [-0.25, -0.2) is 4.79 Å². The van der Waals surface area contributed by atoms with Gasteiger partial charge in [-0.3, -0.25) is 4.79 Å². The quantitative estimate of drug-likeness (QED) is 0.805. The first-order chi connectivity index (χ1) is 12.1. The number of benzene rings is 1. The number of hydrogen-bond acceptors (Lipinski definition) is 4. The molecule has 0 spiro atoms. The normalized spacial score (nSPS) is 22.1. The summed E-state index contributed by atoms with van der Waals surface area (Å²) in [6, 6.07) is 6.13. The van der Waals surface area contributed by atoms with Crippen LogP contribution in [-0.4, -0.2) is 31.1 Å². The van der Waals surface area contributed by atoms with Crippen LogP contribution in [-0.2, 0) is 27.2 Å². The van der Waals surface area contributed by atoms with E-state index in [2.05, 4.69) is 18.3 Å². The molecule has 2 aliphatic rings. The van der Waals surface area contributed by atoms with Crippen LogP contribution in [0.1, 0.15) is 50.2 Å². The monoisotopic (exact) mass is 345 g/mol. The molecule has 25 heavy (non-hydrogen) atoms. The van der Waals surface area contributed by atoms with Crippen LogP contribution in [0.3, 0.4) is 0 Å². The van der Waals surface area contributed by atoms with Crippen molar-refractivity contribution >= 4 is 11.9 Å². The van der Waals surface area contributed by atoms with Crippen LogP contribution in [0.25, 0.3) is 0 Å². The average molecular weight is 345 g/mol. The van der Waals surface area contributed by atoms with Crippen LogP contribution in [0.15, 0.2) is 18.2 Å². The molecule has 1 aromatic carbocycles. The minimum absolute atomic E-state index is 0.175. The highest BCUT2D eigenvalue weighted by Crippen LogP contribution is 2.26. The summed E-state index contributed by atoms with van der Waals surface area (Å²) < 4.78 is 10.5. The van der Waals surface area contributed by atoms with Gasteiger partial charge >= 0.3 is 5.97 Å². The molecule has 1 aromatic rings. The van der Waals surface area contributed by atoms with E-state index in [1.165, 1.54) is 24.0 Å². The molecule has 0 heterocycles. The maximum absolute atomic E-state index is 11.9. The second-order valence-electron chi connectivity index (χ2n) is 7.17. The van der Waals surface area contributed by atoms with Gasteiger partial charge in [-0.2, -0.15) is 0 Å². The van der Waals surface area contributed by atoms with Crippen molar-refractivity contribution in [1.82, 2.24) is 5.32 Å². The molecule has 2 atom stereocenters. The smallest absolute Gasteiger partial charge is 0.344 e. The van der Waals surface area contributed by atoms with Gasteiger partial charge in [0.15, 0.2) is 13.2 Å². The number of carbonyl (C=O) groups excluding carboxylic acids is 2. The second kappa shape index (κ2) is 8.37. The molecule has 1 saturated carbocycles. The maximum Gasteiger partial charge on any atom is 0.344 e. The molecule has 1 N–H and O–H groups in total. The highest BCUT2D eigenvalue weighted by atomic mass is 16.6. The number of hydrogen-bond donors (Lipinski definition) is 1. The van der Waals surface area contributed by atoms with Crippen molar-refractivity contribution in [3.63, 3.8) is 0 Å². The Hall–Kier alpha value is -2.04. The fourth-order valence-electron chi connectivity index (χ4n) is 3.75. The summed E-state index contributed by atoms with van der Waals surface area (Å²) in [6.45, 7) is 1.74. The zero-order valence-corrected chi connectivity index (χ0v) is 14.9. The Balaban J connectivity index is 1.37. The summed E-state index contributed by atoms with van der Waals surface area (Å²) in [6.07, 6.45) is 7.87. The van der Waals surface area contributed by atoms with E-state index in [-0.39, 0.29) is 25.2 Å². The molecular weight excluding hydrogens is 318 g/mol. The summed E-state index contributed by atoms with van der Waals surface area (Å²) >= 11 is 0. The van der Waals surface area contributed by atoms with E-state index in [1.807, 2.05) is 12.1 Å². The maximum atomic E-state index is 11.9. The summed E-state index contributed by atoms with van der Waals surface area (Å²) in [5, 5.41) is 2.97. The first kappa shape index (κ1) is 17.8. The highest BCUT2D eigenvalue weighted by molar-refractivity contribution is 5.81. The third kappa shape index (κ3) is 4.97. The molecule has 0 aromatic heterocycles. The van der Waals surface area contributed by atoms with E-state index in [4.69, 9.17) is 9.47 Å². The van der Waals surface area contributed by atoms with Crippen LogP contribution in [0, 0.1) is 5.92 Å². The Kier molecular flexibility index (Phi) is 5.95. The average Bonchev–Trinajstić information content (AvgIpc) is 3.08. The van der Waals surface area contributed by atoms with Crippen molar-refractivity contribution in [1.29, 1.82) is 0 Å². The van der Waals surface area contributed by atoms with Crippen molar-refractivity contribution in [2.75, 3.05) is 13.2 Å². The van der Waals surface area contributed by atoms with Crippen molar-refractivity contribution < 1.29 is 19.1 Å². The number of aryl methyl sites for hydroxylation is 2. The first-order valence-electron chi connectivity index (χ1n) is 9.31. The highest BCUT2D eigenvalue weighted by Gasteiger charge is 2.23. The van der Waals surface area contributed by atoms with Crippen LogP contribution in [0.2, 0.25) is 0 Å². The molecule has 0 saturated heterocycles. The zero-order chi connectivity index (χ0) is 17.6. The lowest BCUT2D eigenvalue weighted by molar-refractivity contribution is -0.150. The Morgan fingerprint density at radius 2 is 1.88 bits per heavy atom. The van der Waals surface area contributed by atoms with Gasteiger partial charge in [0.25, 0.3) is 5.91 Å². The molecule has 0 bridgehead atoms. The largest absolute Gasteiger partial charge is 0.482 e. The topological polar surface area (TPSA) is 64.6 Å². The molecule has 0 unspecified atom stereocenters. The Bertz CT molecular complexity index is 628. The lowest BCUT2D eigenvalue weighted by Crippen LogP contribution is -2.43. The Morgan fingerprint density at radius 3 is 2.72 bits per heavy atom. The molecule has 1 fully saturated rings. The van der Waals surface area contributed by atoms with Crippen LogP contribution < -0.4 is 10.1 Å². The number of fused-ring (bicyclic) bond motifs is 1. The number of nitrogens with one attached hydrogen (secondary N) is 1. The van der Waals surface area contributed by atoms with E-state index < -0.39 is 5.97 Å². The third-order valence-electron chi connectivity index (χ3n) is 5.25. The lowest BCUT2D eigenvalue weighted by atomic mass is 9.86. The molecule has 136 valence electrons. The van der Waals surface area contributed by atoms with Gasteiger partial charge in [0.1, 0.15) is 5.75 Å². The van der Waals surface area contributed by atoms with Crippen molar-refractivity contribution in [2.45, 2.75) is 57.9 Å². The summed E-state index contributed by atoms with van der Waals surface area (Å²) in [4.78, 5) is 23.7. The summed E-state index contributed by atoms with van der Waals surface area (Å²) in [5.41, 5.74) is 2.66. The number of rotatable bonds is 6. The third-order valence-corrected chi connectivity index (χ3v) is 5.25. The zero-order valence-electron chi connectivity index (χ0n) is 14.9. The number of carbonyl (C=O) groups is 2. The van der Waals surface area contributed by atoms with E-state index in [0.29, 0.717) is 11.7 Å². The van der Waals surface area contributed by atoms with E-state index in [0.717, 1.165) is 32.1 Å². The van der Waals surface area contributed by atoms with Crippen molar-refractivity contribution in [3.8, 4) is 5.75 Å². The predicted octanol–water partition coefficient (Wildman–Crippen LogP) is 2.79. The predicted molar refractivity (Wildman–Crippen MR) is 94.5 cm³/mol. The molecule has 5 nitrogen and oxygen atoms in total. The Labute approximate surface area is 149 Å². The fraction of sp³-hybridized carbons (Fsp3) is 0.600. The minimum Gasteiger partial charge on any atom is -0.482 e. The second-order valence-corrected chi connectivity index (χ2v) is 7.17. The standard InChI is InChI=1S/C20H27NO4/c1-14-5-2-3-8-18(14)21-19(22)12-25-20(23)13-24-17-10-9-15-6-4-7-16(15)11-17/h9-11,14,18H,2-8,12-13H2,1H3,(H,21,22)/t14-,18-/m1/s1. The molecule has 5 heteroatoms. The molecule has 0 radical (unpaired) electrons. The van der Waals surface area contributed by atoms with Crippen LogP contribution in [0.4, 0.5) is 0 Å². The Morgan fingerprint density at radius 1 is 1.08 bits per heavy atom. The lowest BCUT2D eigenvalue weighted by Gasteiger charge is -2.29. The number of esters is 1. The van der Waals surface area contributed by atoms with E-state index in [9.17, 15) is 9.59 Å². The van der Waals surface area contributed by atoms with Gasteiger partial charge < -0.3 is 14.8 Å². The van der Waals surface area contributed by atoms with Crippen molar-refractivity contribution in [2.24, 2.45) is 5.92 Å². The van der Waals surface area contributed by atoms with Crippen LogP contribution >= 0.6 is 0 Å². The van der Waals surface area contributed by atoms with Gasteiger partial charge in [0, 0.05) is 6.04 Å². The fourth-order valence-corrected chi connectivity index (χ4v) is 3.75. The van der Waals surface area contributed by atoms with Crippen LogP contribution in [0.5, 0.6) is 5.75 Å². The van der Waals surface area contributed by atoms with Crippen molar-refractivity contribution in [3.05, 3.63) is 29.3 Å². The molecule has 3 rings (SSSR count). The number of amides is 1.